The van der Waals surface area contributed by atoms with Crippen molar-refractivity contribution in [2.75, 3.05) is 25.5 Å². The molecule has 19 heavy (non-hydrogen) atoms. The minimum absolute atomic E-state index is 0.130. The minimum atomic E-state index is -0.336. The van der Waals surface area contributed by atoms with Gasteiger partial charge in [0.25, 0.3) is 11.5 Å². The average molecular weight is 281 g/mol. The zero-order chi connectivity index (χ0) is 13.2. The summed E-state index contributed by atoms with van der Waals surface area (Å²) >= 11 is 1.54. The number of thioether (sulfide) groups is 1. The number of carbonyl (C=O) groups is 1. The van der Waals surface area contributed by atoms with Crippen LogP contribution in [0.3, 0.4) is 0 Å². The first-order valence-corrected chi connectivity index (χ1v) is 7.33. The molecule has 1 saturated heterocycles. The average Bonchev–Trinajstić information content (AvgIpc) is 3.07. The molecule has 7 heteroatoms. The van der Waals surface area contributed by atoms with Gasteiger partial charge in [-0.2, -0.15) is 0 Å². The summed E-state index contributed by atoms with van der Waals surface area (Å²) in [4.78, 5) is 28.3. The monoisotopic (exact) mass is 281 g/mol. The van der Waals surface area contributed by atoms with Gasteiger partial charge in [0.1, 0.15) is 5.56 Å². The Morgan fingerprint density at radius 1 is 1.63 bits per heavy atom. The van der Waals surface area contributed by atoms with E-state index in [0.717, 1.165) is 18.8 Å². The van der Waals surface area contributed by atoms with Crippen molar-refractivity contribution in [3.63, 3.8) is 0 Å². The van der Waals surface area contributed by atoms with E-state index >= 15 is 0 Å². The molecule has 0 aliphatic carbocycles. The number of nitrogens with zero attached hydrogens (tertiary/aromatic N) is 2. The lowest BCUT2D eigenvalue weighted by Gasteiger charge is -2.09. The lowest BCUT2D eigenvalue weighted by Crippen LogP contribution is -2.35. The molecule has 2 aliphatic rings. The van der Waals surface area contributed by atoms with Gasteiger partial charge >= 0.3 is 0 Å². The number of amides is 1. The van der Waals surface area contributed by atoms with Gasteiger partial charge < -0.3 is 10.1 Å². The Bertz CT molecular complexity index is 552. The topological polar surface area (TPSA) is 73.2 Å². The van der Waals surface area contributed by atoms with Crippen molar-refractivity contribution in [3.05, 3.63) is 22.1 Å². The third kappa shape index (κ3) is 2.52. The molecule has 0 saturated carbocycles. The van der Waals surface area contributed by atoms with E-state index in [2.05, 4.69) is 10.3 Å². The molecule has 3 heterocycles. The number of rotatable bonds is 3. The summed E-state index contributed by atoms with van der Waals surface area (Å²) in [5.41, 5.74) is -0.111. The van der Waals surface area contributed by atoms with Crippen LogP contribution in [0.5, 0.6) is 0 Å². The lowest BCUT2D eigenvalue weighted by atomic mass is 10.1. The van der Waals surface area contributed by atoms with Gasteiger partial charge in [0.15, 0.2) is 5.16 Å². The van der Waals surface area contributed by atoms with Crippen molar-refractivity contribution in [3.8, 4) is 0 Å². The Kier molecular flexibility index (Phi) is 3.56. The summed E-state index contributed by atoms with van der Waals surface area (Å²) in [6.45, 7) is 2.61. The highest BCUT2D eigenvalue weighted by atomic mass is 32.2. The van der Waals surface area contributed by atoms with Crippen LogP contribution in [0.4, 0.5) is 0 Å². The number of aromatic nitrogens is 2. The molecule has 1 amide bonds. The van der Waals surface area contributed by atoms with Crippen LogP contribution in [0.1, 0.15) is 16.8 Å². The number of hydrogen-bond acceptors (Lipinski definition) is 5. The third-order valence-corrected chi connectivity index (χ3v) is 4.35. The van der Waals surface area contributed by atoms with E-state index < -0.39 is 0 Å². The number of ether oxygens (including phenoxy) is 1. The Morgan fingerprint density at radius 2 is 2.53 bits per heavy atom. The molecular formula is C12H15N3O3S. The third-order valence-electron chi connectivity index (χ3n) is 3.38. The summed E-state index contributed by atoms with van der Waals surface area (Å²) in [6.07, 6.45) is 2.34. The van der Waals surface area contributed by atoms with Gasteiger partial charge in [0, 0.05) is 37.6 Å². The van der Waals surface area contributed by atoms with Crippen LogP contribution >= 0.6 is 11.8 Å². The predicted octanol–water partition coefficient (Wildman–Crippen LogP) is 0.115. The molecule has 1 aromatic heterocycles. The van der Waals surface area contributed by atoms with Gasteiger partial charge in [-0.25, -0.2) is 4.98 Å². The van der Waals surface area contributed by atoms with Crippen molar-refractivity contribution in [1.29, 1.82) is 0 Å². The molecule has 1 aromatic rings. The molecule has 1 unspecified atom stereocenters. The summed E-state index contributed by atoms with van der Waals surface area (Å²) in [5, 5.41) is 3.49. The largest absolute Gasteiger partial charge is 0.381 e. The Morgan fingerprint density at radius 3 is 3.32 bits per heavy atom. The van der Waals surface area contributed by atoms with Gasteiger partial charge in [-0.05, 0) is 6.42 Å². The number of fused-ring (bicyclic) bond motifs is 1. The fraction of sp³-hybridized carbons (Fsp3) is 0.583. The highest BCUT2D eigenvalue weighted by molar-refractivity contribution is 7.99. The summed E-state index contributed by atoms with van der Waals surface area (Å²) in [6, 6.07) is 0. The molecule has 1 fully saturated rings. The van der Waals surface area contributed by atoms with Crippen LogP contribution in [0, 0.1) is 5.92 Å². The molecule has 0 bridgehead atoms. The molecule has 3 rings (SSSR count). The maximum absolute atomic E-state index is 12.1. The summed E-state index contributed by atoms with van der Waals surface area (Å²) < 4.78 is 6.81. The first-order valence-electron chi connectivity index (χ1n) is 6.34. The van der Waals surface area contributed by atoms with Crippen molar-refractivity contribution in [1.82, 2.24) is 14.9 Å². The van der Waals surface area contributed by atoms with Crippen molar-refractivity contribution in [2.45, 2.75) is 18.1 Å². The number of carbonyl (C=O) groups excluding carboxylic acids is 1. The minimum Gasteiger partial charge on any atom is -0.381 e. The van der Waals surface area contributed by atoms with Gasteiger partial charge in [-0.3, -0.25) is 14.2 Å². The van der Waals surface area contributed by atoms with Gasteiger partial charge in [0.2, 0.25) is 0 Å². The van der Waals surface area contributed by atoms with Crippen molar-refractivity contribution >= 4 is 17.7 Å². The van der Waals surface area contributed by atoms with E-state index in [0.29, 0.717) is 30.8 Å². The molecule has 0 aromatic carbocycles. The van der Waals surface area contributed by atoms with Crippen LogP contribution in [0.15, 0.2) is 16.1 Å². The Hall–Kier alpha value is -1.34. The standard InChI is InChI=1S/C12H15N3O3S/c16-10(13-5-8-1-3-18-7-8)9-6-14-12-15(11(9)17)2-4-19-12/h6,8H,1-5,7H2,(H,13,16). The maximum atomic E-state index is 12.1. The Balaban J connectivity index is 1.71. The summed E-state index contributed by atoms with van der Waals surface area (Å²) in [5.74, 6) is 0.855. The SMILES string of the molecule is O=C(NCC1CCOC1)c1cnc2n(c1=O)CCS2. The molecule has 102 valence electrons. The second kappa shape index (κ2) is 5.34. The van der Waals surface area contributed by atoms with Crippen molar-refractivity contribution in [2.24, 2.45) is 5.92 Å². The second-order valence-corrected chi connectivity index (χ2v) is 5.76. The van der Waals surface area contributed by atoms with Crippen LogP contribution in [-0.2, 0) is 11.3 Å². The van der Waals surface area contributed by atoms with Gasteiger partial charge in [-0.15, -0.1) is 0 Å². The molecule has 1 atom stereocenters. The van der Waals surface area contributed by atoms with Crippen LogP contribution < -0.4 is 10.9 Å². The van der Waals surface area contributed by atoms with E-state index in [-0.39, 0.29) is 17.0 Å². The quantitative estimate of drug-likeness (QED) is 0.796. The van der Waals surface area contributed by atoms with E-state index in [4.69, 9.17) is 4.74 Å². The first-order chi connectivity index (χ1) is 9.25. The van der Waals surface area contributed by atoms with Crippen LogP contribution in [0.25, 0.3) is 0 Å². The molecular weight excluding hydrogens is 266 g/mol. The van der Waals surface area contributed by atoms with Gasteiger partial charge in [-0.1, -0.05) is 11.8 Å². The molecule has 6 nitrogen and oxygen atoms in total. The van der Waals surface area contributed by atoms with Gasteiger partial charge in [0.05, 0.1) is 6.61 Å². The van der Waals surface area contributed by atoms with Crippen LogP contribution in [-0.4, -0.2) is 41.0 Å². The first kappa shape index (κ1) is 12.7. The molecule has 0 spiro atoms. The van der Waals surface area contributed by atoms with E-state index in [1.807, 2.05) is 0 Å². The van der Waals surface area contributed by atoms with E-state index in [1.165, 1.54) is 18.0 Å². The smallest absolute Gasteiger partial charge is 0.267 e. The molecule has 2 aliphatic heterocycles. The second-order valence-electron chi connectivity index (χ2n) is 4.70. The zero-order valence-corrected chi connectivity index (χ0v) is 11.2. The Labute approximate surface area is 114 Å². The van der Waals surface area contributed by atoms with E-state index in [9.17, 15) is 9.59 Å². The fourth-order valence-corrected chi connectivity index (χ4v) is 3.16. The molecule has 0 radical (unpaired) electrons. The number of nitrogens with one attached hydrogen (secondary N) is 1. The highest BCUT2D eigenvalue weighted by Crippen LogP contribution is 2.20. The van der Waals surface area contributed by atoms with E-state index in [1.54, 1.807) is 4.57 Å². The maximum Gasteiger partial charge on any atom is 0.267 e. The zero-order valence-electron chi connectivity index (χ0n) is 10.4. The highest BCUT2D eigenvalue weighted by Gasteiger charge is 2.21. The van der Waals surface area contributed by atoms with Crippen molar-refractivity contribution < 1.29 is 9.53 Å². The normalized spacial score (nSPS) is 21.4. The molecule has 1 N–H and O–H groups in total. The number of hydrogen-bond donors (Lipinski definition) is 1. The van der Waals surface area contributed by atoms with Crippen LogP contribution in [0.2, 0.25) is 0 Å². The summed E-state index contributed by atoms with van der Waals surface area (Å²) in [7, 11) is 0. The lowest BCUT2D eigenvalue weighted by molar-refractivity contribution is 0.0942. The predicted molar refractivity (Wildman–Crippen MR) is 70.5 cm³/mol. The fourth-order valence-electron chi connectivity index (χ4n) is 2.25.